The van der Waals surface area contributed by atoms with Gasteiger partial charge in [0, 0.05) is 25.2 Å². The van der Waals surface area contributed by atoms with Gasteiger partial charge in [-0.25, -0.2) is 0 Å². The van der Waals surface area contributed by atoms with Gasteiger partial charge < -0.3 is 15.0 Å². The molecule has 0 bridgehead atoms. The Labute approximate surface area is 163 Å². The summed E-state index contributed by atoms with van der Waals surface area (Å²) >= 11 is 0. The highest BCUT2D eigenvalue weighted by Gasteiger charge is 2.34. The molecule has 1 aliphatic heterocycles. The zero-order chi connectivity index (χ0) is 19.5. The van der Waals surface area contributed by atoms with Crippen molar-refractivity contribution in [2.24, 2.45) is 5.92 Å². The van der Waals surface area contributed by atoms with Crippen LogP contribution < -0.4 is 10.1 Å². The Morgan fingerprint density at radius 3 is 2.57 bits per heavy atom. The predicted molar refractivity (Wildman–Crippen MR) is 109 cm³/mol. The van der Waals surface area contributed by atoms with Crippen molar-refractivity contribution in [2.75, 3.05) is 19.0 Å². The van der Waals surface area contributed by atoms with Crippen LogP contribution in [0.15, 0.2) is 66.7 Å². The highest BCUT2D eigenvalue weighted by atomic mass is 16.5. The summed E-state index contributed by atoms with van der Waals surface area (Å²) in [7, 11) is 1.62. The van der Waals surface area contributed by atoms with Crippen molar-refractivity contribution in [3.8, 4) is 5.75 Å². The predicted octanol–water partition coefficient (Wildman–Crippen LogP) is 3.84. The van der Waals surface area contributed by atoms with E-state index in [9.17, 15) is 9.59 Å². The van der Waals surface area contributed by atoms with E-state index in [1.165, 1.54) is 0 Å². The Hall–Kier alpha value is -3.34. The minimum atomic E-state index is -0.336. The molecule has 2 amide bonds. The lowest BCUT2D eigenvalue weighted by molar-refractivity contribution is -0.128. The van der Waals surface area contributed by atoms with E-state index in [2.05, 4.69) is 5.32 Å². The fourth-order valence-electron chi connectivity index (χ4n) is 3.56. The molecule has 0 saturated carbocycles. The molecule has 0 aliphatic carbocycles. The number of hydrogen-bond acceptors (Lipinski definition) is 3. The van der Waals surface area contributed by atoms with Gasteiger partial charge in [0.25, 0.3) is 0 Å². The van der Waals surface area contributed by atoms with Gasteiger partial charge in [-0.15, -0.1) is 0 Å². The second-order valence-electron chi connectivity index (χ2n) is 7.07. The summed E-state index contributed by atoms with van der Waals surface area (Å²) in [5, 5.41) is 5.16. The van der Waals surface area contributed by atoms with Crippen LogP contribution in [0.4, 0.5) is 5.69 Å². The number of fused-ring (bicyclic) bond motifs is 1. The number of amides is 2. The van der Waals surface area contributed by atoms with E-state index >= 15 is 0 Å². The number of methoxy groups -OCH3 is 1. The summed E-state index contributed by atoms with van der Waals surface area (Å²) < 4.78 is 5.16. The van der Waals surface area contributed by atoms with Crippen LogP contribution in [0.25, 0.3) is 10.8 Å². The second kappa shape index (κ2) is 7.72. The van der Waals surface area contributed by atoms with Gasteiger partial charge in [0.05, 0.1) is 13.0 Å². The average Bonchev–Trinajstić information content (AvgIpc) is 3.09. The van der Waals surface area contributed by atoms with E-state index in [-0.39, 0.29) is 24.2 Å². The summed E-state index contributed by atoms with van der Waals surface area (Å²) in [6.07, 6.45) is 0.246. The van der Waals surface area contributed by atoms with E-state index in [1.807, 2.05) is 66.7 Å². The Kier molecular flexibility index (Phi) is 4.98. The molecule has 5 nitrogen and oxygen atoms in total. The minimum Gasteiger partial charge on any atom is -0.497 e. The van der Waals surface area contributed by atoms with E-state index in [4.69, 9.17) is 4.74 Å². The number of nitrogens with one attached hydrogen (secondary N) is 1. The Balaban J connectivity index is 1.40. The average molecular weight is 374 g/mol. The first-order chi connectivity index (χ1) is 13.6. The number of anilines is 1. The quantitative estimate of drug-likeness (QED) is 0.738. The Morgan fingerprint density at radius 1 is 1.07 bits per heavy atom. The molecule has 5 heteroatoms. The third-order valence-electron chi connectivity index (χ3n) is 5.13. The molecule has 142 valence electrons. The number of likely N-dealkylation sites (tertiary alicyclic amines) is 1. The molecule has 3 aromatic rings. The van der Waals surface area contributed by atoms with Crippen LogP contribution >= 0.6 is 0 Å². The number of rotatable bonds is 5. The SMILES string of the molecule is COc1ccc(CN2C[C@H](C(=O)Nc3ccc4ccccc4c3)CC2=O)cc1. The fourth-order valence-corrected chi connectivity index (χ4v) is 3.56. The molecule has 1 aliphatic rings. The van der Waals surface area contributed by atoms with Gasteiger partial charge in [0.1, 0.15) is 5.75 Å². The molecule has 1 heterocycles. The van der Waals surface area contributed by atoms with E-state index in [0.29, 0.717) is 13.1 Å². The van der Waals surface area contributed by atoms with Crippen molar-refractivity contribution in [1.29, 1.82) is 0 Å². The van der Waals surface area contributed by atoms with Crippen LogP contribution in [0.1, 0.15) is 12.0 Å². The van der Waals surface area contributed by atoms with Crippen LogP contribution in [-0.4, -0.2) is 30.4 Å². The number of ether oxygens (including phenoxy) is 1. The summed E-state index contributed by atoms with van der Waals surface area (Å²) in [6.45, 7) is 0.937. The lowest BCUT2D eigenvalue weighted by Gasteiger charge is -2.17. The summed E-state index contributed by atoms with van der Waals surface area (Å²) in [5.74, 6) is 0.344. The van der Waals surface area contributed by atoms with Gasteiger partial charge in [-0.2, -0.15) is 0 Å². The monoisotopic (exact) mass is 374 g/mol. The van der Waals surface area contributed by atoms with Crippen molar-refractivity contribution in [2.45, 2.75) is 13.0 Å². The zero-order valence-corrected chi connectivity index (χ0v) is 15.7. The van der Waals surface area contributed by atoms with Crippen molar-refractivity contribution >= 4 is 28.3 Å². The number of nitrogens with zero attached hydrogens (tertiary/aromatic N) is 1. The second-order valence-corrected chi connectivity index (χ2v) is 7.07. The van der Waals surface area contributed by atoms with Crippen molar-refractivity contribution in [1.82, 2.24) is 4.90 Å². The molecule has 28 heavy (non-hydrogen) atoms. The highest BCUT2D eigenvalue weighted by molar-refractivity contribution is 5.98. The van der Waals surface area contributed by atoms with Crippen LogP contribution in [0, 0.1) is 5.92 Å². The highest BCUT2D eigenvalue weighted by Crippen LogP contribution is 2.24. The largest absolute Gasteiger partial charge is 0.497 e. The van der Waals surface area contributed by atoms with Crippen LogP contribution in [-0.2, 0) is 16.1 Å². The molecular formula is C23H22N2O3. The third kappa shape index (κ3) is 3.83. The first-order valence-electron chi connectivity index (χ1n) is 9.33. The first-order valence-corrected chi connectivity index (χ1v) is 9.33. The summed E-state index contributed by atoms with van der Waals surface area (Å²) in [6, 6.07) is 21.5. The molecule has 0 spiro atoms. The molecule has 1 saturated heterocycles. The van der Waals surface area contributed by atoms with E-state index < -0.39 is 0 Å². The maximum atomic E-state index is 12.7. The Bertz CT molecular complexity index is 1010. The third-order valence-corrected chi connectivity index (χ3v) is 5.13. The molecule has 0 radical (unpaired) electrons. The molecule has 0 aromatic heterocycles. The van der Waals surface area contributed by atoms with Crippen LogP contribution in [0.5, 0.6) is 5.75 Å². The summed E-state index contributed by atoms with van der Waals surface area (Å²) in [5.41, 5.74) is 1.77. The number of carbonyl (C=O) groups excluding carboxylic acids is 2. The van der Waals surface area contributed by atoms with E-state index in [0.717, 1.165) is 27.8 Å². The smallest absolute Gasteiger partial charge is 0.229 e. The van der Waals surface area contributed by atoms with Gasteiger partial charge in [-0.05, 0) is 40.6 Å². The Morgan fingerprint density at radius 2 is 1.82 bits per heavy atom. The number of benzene rings is 3. The lowest BCUT2D eigenvalue weighted by Crippen LogP contribution is -2.28. The van der Waals surface area contributed by atoms with Gasteiger partial charge in [-0.1, -0.05) is 42.5 Å². The molecule has 0 unspecified atom stereocenters. The van der Waals surface area contributed by atoms with Crippen molar-refractivity contribution in [3.05, 3.63) is 72.3 Å². The molecule has 4 rings (SSSR count). The van der Waals surface area contributed by atoms with Gasteiger partial charge in [0.15, 0.2) is 0 Å². The molecular weight excluding hydrogens is 352 g/mol. The van der Waals surface area contributed by atoms with Gasteiger partial charge >= 0.3 is 0 Å². The topological polar surface area (TPSA) is 58.6 Å². The maximum absolute atomic E-state index is 12.7. The zero-order valence-electron chi connectivity index (χ0n) is 15.7. The molecule has 1 N–H and O–H groups in total. The summed E-state index contributed by atoms with van der Waals surface area (Å²) in [4.78, 5) is 26.8. The first kappa shape index (κ1) is 18.0. The number of carbonyl (C=O) groups is 2. The van der Waals surface area contributed by atoms with E-state index in [1.54, 1.807) is 12.0 Å². The minimum absolute atomic E-state index is 0.00878. The van der Waals surface area contributed by atoms with Crippen LogP contribution in [0.2, 0.25) is 0 Å². The standard InChI is InChI=1S/C23H22N2O3/c1-28-21-10-6-16(7-11-21)14-25-15-19(13-22(25)26)23(27)24-20-9-8-17-4-2-3-5-18(17)12-20/h2-12,19H,13-15H2,1H3,(H,24,27)/t19-/m1/s1. The molecule has 1 atom stereocenters. The molecule has 1 fully saturated rings. The maximum Gasteiger partial charge on any atom is 0.229 e. The fraction of sp³-hybridized carbons (Fsp3) is 0.217. The van der Waals surface area contributed by atoms with Gasteiger partial charge in [-0.3, -0.25) is 9.59 Å². The number of hydrogen-bond donors (Lipinski definition) is 1. The normalized spacial score (nSPS) is 16.4. The molecule has 3 aromatic carbocycles. The van der Waals surface area contributed by atoms with Crippen molar-refractivity contribution < 1.29 is 14.3 Å². The van der Waals surface area contributed by atoms with Crippen molar-refractivity contribution in [3.63, 3.8) is 0 Å². The van der Waals surface area contributed by atoms with Crippen LogP contribution in [0.3, 0.4) is 0 Å². The lowest BCUT2D eigenvalue weighted by atomic mass is 10.1. The van der Waals surface area contributed by atoms with Gasteiger partial charge in [0.2, 0.25) is 11.8 Å².